The number of thiazole rings is 1. The average Bonchev–Trinajstić information content (AvgIpc) is 2.99. The smallest absolute Gasteiger partial charge is 0.133 e. The van der Waals surface area contributed by atoms with Crippen LogP contribution in [0, 0.1) is 0 Å². The Morgan fingerprint density at radius 2 is 2.09 bits per heavy atom. The molecule has 1 aliphatic rings. The van der Waals surface area contributed by atoms with Crippen molar-refractivity contribution >= 4 is 43.2 Å². The van der Waals surface area contributed by atoms with Crippen LogP contribution < -0.4 is 4.74 Å². The third-order valence-corrected chi connectivity index (χ3v) is 5.84. The van der Waals surface area contributed by atoms with Gasteiger partial charge in [-0.25, -0.2) is 4.98 Å². The molecule has 2 aromatic rings. The van der Waals surface area contributed by atoms with Gasteiger partial charge in [0.05, 0.1) is 16.8 Å². The van der Waals surface area contributed by atoms with Gasteiger partial charge in [0.1, 0.15) is 16.9 Å². The minimum atomic E-state index is 0.0304. The van der Waals surface area contributed by atoms with Crippen LogP contribution >= 0.6 is 43.2 Å². The molecule has 4 nitrogen and oxygen atoms in total. The fourth-order valence-corrected chi connectivity index (χ4v) is 4.44. The van der Waals surface area contributed by atoms with Crippen LogP contribution in [0.25, 0.3) is 0 Å². The van der Waals surface area contributed by atoms with Gasteiger partial charge in [-0.15, -0.1) is 11.3 Å². The summed E-state index contributed by atoms with van der Waals surface area (Å²) in [5.41, 5.74) is 1.05. The Hall–Kier alpha value is -0.470. The van der Waals surface area contributed by atoms with Crippen molar-refractivity contribution in [2.75, 3.05) is 13.1 Å². The van der Waals surface area contributed by atoms with Crippen LogP contribution in [0.4, 0.5) is 0 Å². The zero-order valence-corrected chi connectivity index (χ0v) is 16.5. The lowest BCUT2D eigenvalue weighted by atomic mass is 10.1. The largest absolute Gasteiger partial charge is 0.489 e. The summed E-state index contributed by atoms with van der Waals surface area (Å²) in [6, 6.07) is 5.99. The third-order valence-electron chi connectivity index (χ3n) is 3.84. The van der Waals surface area contributed by atoms with Gasteiger partial charge in [-0.1, -0.05) is 15.9 Å². The fourth-order valence-electron chi connectivity index (χ4n) is 2.66. The van der Waals surface area contributed by atoms with Gasteiger partial charge >= 0.3 is 0 Å². The van der Waals surface area contributed by atoms with Gasteiger partial charge in [0.2, 0.25) is 0 Å². The molecule has 7 heteroatoms. The fraction of sp³-hybridized carbons (Fsp3) is 0.438. The van der Waals surface area contributed by atoms with Crippen molar-refractivity contribution in [3.63, 3.8) is 0 Å². The number of aliphatic hydroxyl groups is 1. The van der Waals surface area contributed by atoms with Crippen LogP contribution in [0.15, 0.2) is 32.5 Å². The lowest BCUT2D eigenvalue weighted by Gasteiger charge is -2.31. The second kappa shape index (κ2) is 8.07. The van der Waals surface area contributed by atoms with E-state index >= 15 is 0 Å². The molecule has 1 aromatic carbocycles. The predicted octanol–water partition coefficient (Wildman–Crippen LogP) is 4.20. The second-order valence-corrected chi connectivity index (χ2v) is 8.27. The van der Waals surface area contributed by atoms with Crippen LogP contribution in [0.5, 0.6) is 5.75 Å². The molecule has 0 radical (unpaired) electrons. The molecule has 124 valence electrons. The average molecular weight is 462 g/mol. The molecule has 0 saturated carbocycles. The van der Waals surface area contributed by atoms with E-state index in [1.54, 1.807) is 0 Å². The first kappa shape index (κ1) is 17.4. The van der Waals surface area contributed by atoms with Crippen molar-refractivity contribution in [2.24, 2.45) is 0 Å². The summed E-state index contributed by atoms with van der Waals surface area (Å²) >= 11 is 8.52. The quantitative estimate of drug-likeness (QED) is 0.724. The summed E-state index contributed by atoms with van der Waals surface area (Å²) < 4.78 is 8.14. The van der Waals surface area contributed by atoms with E-state index in [2.05, 4.69) is 41.7 Å². The Morgan fingerprint density at radius 1 is 1.30 bits per heavy atom. The molecule has 0 aliphatic carbocycles. The number of benzene rings is 1. The SMILES string of the molecule is OCc1nc(CN2CCC(Oc3ccc(Br)cc3Br)CC2)cs1. The Bertz CT molecular complexity index is 657. The maximum atomic E-state index is 9.08. The molecule has 1 saturated heterocycles. The van der Waals surface area contributed by atoms with Gasteiger partial charge in [-0.2, -0.15) is 0 Å². The van der Waals surface area contributed by atoms with Crippen molar-refractivity contribution in [3.8, 4) is 5.75 Å². The van der Waals surface area contributed by atoms with Crippen LogP contribution in [-0.4, -0.2) is 34.2 Å². The molecule has 0 atom stereocenters. The Labute approximate surface area is 156 Å². The van der Waals surface area contributed by atoms with Crippen molar-refractivity contribution < 1.29 is 9.84 Å². The number of piperidine rings is 1. The lowest BCUT2D eigenvalue weighted by molar-refractivity contribution is 0.0956. The van der Waals surface area contributed by atoms with E-state index in [4.69, 9.17) is 9.84 Å². The Morgan fingerprint density at radius 3 is 2.74 bits per heavy atom. The zero-order chi connectivity index (χ0) is 16.2. The summed E-state index contributed by atoms with van der Waals surface area (Å²) in [7, 11) is 0. The van der Waals surface area contributed by atoms with Gasteiger partial charge < -0.3 is 9.84 Å². The van der Waals surface area contributed by atoms with Crippen LogP contribution in [-0.2, 0) is 13.2 Å². The number of rotatable bonds is 5. The second-order valence-electron chi connectivity index (χ2n) is 5.56. The number of hydrogen-bond donors (Lipinski definition) is 1. The molecular formula is C16H18Br2N2O2S. The third kappa shape index (κ3) is 4.76. The van der Waals surface area contributed by atoms with Crippen LogP contribution in [0.2, 0.25) is 0 Å². The van der Waals surface area contributed by atoms with Gasteiger partial charge in [0.25, 0.3) is 0 Å². The van der Waals surface area contributed by atoms with Crippen molar-refractivity contribution in [1.82, 2.24) is 9.88 Å². The molecule has 0 amide bonds. The number of halogens is 2. The molecule has 3 rings (SSSR count). The van der Waals surface area contributed by atoms with Gasteiger partial charge in [-0.3, -0.25) is 4.90 Å². The summed E-state index contributed by atoms with van der Waals surface area (Å²) in [4.78, 5) is 6.81. The van der Waals surface area contributed by atoms with Crippen LogP contribution in [0.3, 0.4) is 0 Å². The summed E-state index contributed by atoms with van der Waals surface area (Å²) in [6.45, 7) is 2.89. The maximum absolute atomic E-state index is 9.08. The molecule has 1 aliphatic heterocycles. The highest BCUT2D eigenvalue weighted by atomic mass is 79.9. The molecule has 0 unspecified atom stereocenters. The minimum absolute atomic E-state index is 0.0304. The highest BCUT2D eigenvalue weighted by molar-refractivity contribution is 9.11. The van der Waals surface area contributed by atoms with E-state index in [9.17, 15) is 0 Å². The van der Waals surface area contributed by atoms with Crippen molar-refractivity contribution in [1.29, 1.82) is 0 Å². The minimum Gasteiger partial charge on any atom is -0.489 e. The number of likely N-dealkylation sites (tertiary alicyclic amines) is 1. The lowest BCUT2D eigenvalue weighted by Crippen LogP contribution is -2.37. The van der Waals surface area contributed by atoms with Crippen LogP contribution in [0.1, 0.15) is 23.5 Å². The van der Waals surface area contributed by atoms with E-state index in [-0.39, 0.29) is 12.7 Å². The molecule has 0 spiro atoms. The van der Waals surface area contributed by atoms with E-state index in [1.807, 2.05) is 23.6 Å². The highest BCUT2D eigenvalue weighted by Gasteiger charge is 2.21. The monoisotopic (exact) mass is 460 g/mol. The first-order valence-corrected chi connectivity index (χ1v) is 9.99. The molecule has 0 bridgehead atoms. The number of aliphatic hydroxyl groups excluding tert-OH is 1. The predicted molar refractivity (Wildman–Crippen MR) is 98.8 cm³/mol. The van der Waals surface area contributed by atoms with Gasteiger partial charge in [0.15, 0.2) is 0 Å². The van der Waals surface area contributed by atoms with Gasteiger partial charge in [-0.05, 0) is 47.0 Å². The molecular weight excluding hydrogens is 444 g/mol. The standard InChI is InChI=1S/C16H18Br2N2O2S/c17-11-1-2-15(14(18)7-11)22-13-3-5-20(6-4-13)8-12-10-23-16(9-21)19-12/h1-2,7,10,13,21H,3-6,8-9H2. The van der Waals surface area contributed by atoms with E-state index in [1.165, 1.54) is 11.3 Å². The van der Waals surface area contributed by atoms with E-state index in [0.717, 1.165) is 57.9 Å². The van der Waals surface area contributed by atoms with Gasteiger partial charge in [0, 0.05) is 29.5 Å². The number of nitrogens with zero attached hydrogens (tertiary/aromatic N) is 2. The van der Waals surface area contributed by atoms with Crippen molar-refractivity contribution in [3.05, 3.63) is 43.2 Å². The Balaban J connectivity index is 1.50. The van der Waals surface area contributed by atoms with E-state index in [0.29, 0.717) is 0 Å². The molecule has 1 fully saturated rings. The highest BCUT2D eigenvalue weighted by Crippen LogP contribution is 2.30. The summed E-state index contributed by atoms with van der Waals surface area (Å²) in [5.74, 6) is 0.902. The zero-order valence-electron chi connectivity index (χ0n) is 12.5. The molecule has 1 aromatic heterocycles. The molecule has 23 heavy (non-hydrogen) atoms. The number of aromatic nitrogens is 1. The summed E-state index contributed by atoms with van der Waals surface area (Å²) in [6.07, 6.45) is 2.28. The van der Waals surface area contributed by atoms with E-state index < -0.39 is 0 Å². The normalized spacial score (nSPS) is 16.7. The molecule has 2 heterocycles. The Kier molecular flexibility index (Phi) is 6.09. The first-order valence-electron chi connectivity index (χ1n) is 7.52. The number of hydrogen-bond acceptors (Lipinski definition) is 5. The summed E-state index contributed by atoms with van der Waals surface area (Å²) in [5, 5.41) is 11.9. The van der Waals surface area contributed by atoms with Crippen molar-refractivity contribution in [2.45, 2.75) is 32.1 Å². The topological polar surface area (TPSA) is 45.6 Å². The maximum Gasteiger partial charge on any atom is 0.133 e. The first-order chi connectivity index (χ1) is 11.1. The molecule has 1 N–H and O–H groups in total. The number of ether oxygens (including phenoxy) is 1.